The summed E-state index contributed by atoms with van der Waals surface area (Å²) < 4.78 is 16.1. The molecule has 0 saturated carbocycles. The van der Waals surface area contributed by atoms with E-state index in [-0.39, 0.29) is 12.0 Å². The van der Waals surface area contributed by atoms with Crippen LogP contribution in [-0.4, -0.2) is 15.9 Å². The second kappa shape index (κ2) is 18.2. The maximum Gasteiger partial charge on any atom is 0.469 e. The Kier molecular flexibility index (Phi) is 18.2. The van der Waals surface area contributed by atoms with Crippen molar-refractivity contribution in [2.24, 2.45) is 5.92 Å². The number of phosphoric ester groups is 1. The van der Waals surface area contributed by atoms with E-state index in [0.29, 0.717) is 0 Å². The molecule has 0 fully saturated rings. The molecule has 0 rings (SSSR count). The van der Waals surface area contributed by atoms with Crippen LogP contribution in [0.1, 0.15) is 130 Å². The highest BCUT2D eigenvalue weighted by molar-refractivity contribution is 7.46. The first-order valence-corrected chi connectivity index (χ1v) is 13.2. The lowest BCUT2D eigenvalue weighted by Crippen LogP contribution is -2.20. The molecular weight excluding hydrogens is 359 g/mol. The molecule has 27 heavy (non-hydrogen) atoms. The van der Waals surface area contributed by atoms with E-state index < -0.39 is 7.82 Å². The molecule has 2 N–H and O–H groups in total. The van der Waals surface area contributed by atoms with Gasteiger partial charge in [0.2, 0.25) is 0 Å². The van der Waals surface area contributed by atoms with Gasteiger partial charge in [0.05, 0.1) is 6.10 Å². The van der Waals surface area contributed by atoms with Gasteiger partial charge in [0.15, 0.2) is 0 Å². The summed E-state index contributed by atoms with van der Waals surface area (Å²) in [5, 5.41) is 0. The number of hydrogen-bond acceptors (Lipinski definition) is 2. The molecule has 0 aromatic heterocycles. The Bertz CT molecular complexity index is 356. The van der Waals surface area contributed by atoms with Gasteiger partial charge in [-0.25, -0.2) is 4.57 Å². The van der Waals surface area contributed by atoms with Gasteiger partial charge < -0.3 is 9.79 Å². The van der Waals surface area contributed by atoms with Gasteiger partial charge in [-0.15, -0.1) is 0 Å². The van der Waals surface area contributed by atoms with Crippen molar-refractivity contribution in [3.63, 3.8) is 0 Å². The lowest BCUT2D eigenvalue weighted by Gasteiger charge is -2.23. The molecule has 5 heteroatoms. The standard InChI is InChI=1S/C22H47O4P/c1-4-6-7-8-9-10-11-12-13-14-15-16-17-18-19-20-22(21(3)5-2)26-27(23,24)25/h21-22H,4-20H2,1-3H3,(H2,23,24,25). The molecule has 0 aliphatic carbocycles. The van der Waals surface area contributed by atoms with Gasteiger partial charge >= 0.3 is 7.82 Å². The Hall–Kier alpha value is 0.110. The first-order valence-electron chi connectivity index (χ1n) is 11.6. The zero-order valence-electron chi connectivity index (χ0n) is 18.3. The summed E-state index contributed by atoms with van der Waals surface area (Å²) in [7, 11) is -4.38. The summed E-state index contributed by atoms with van der Waals surface area (Å²) in [6.45, 7) is 6.31. The Labute approximate surface area is 169 Å². The maximum absolute atomic E-state index is 11.1. The van der Waals surface area contributed by atoms with Crippen LogP contribution in [0.25, 0.3) is 0 Å². The molecule has 0 radical (unpaired) electrons. The largest absolute Gasteiger partial charge is 0.469 e. The zero-order chi connectivity index (χ0) is 20.4. The summed E-state index contributed by atoms with van der Waals surface area (Å²) >= 11 is 0. The van der Waals surface area contributed by atoms with E-state index in [1.54, 1.807) is 0 Å². The second-order valence-electron chi connectivity index (χ2n) is 8.26. The van der Waals surface area contributed by atoms with Crippen LogP contribution in [0.4, 0.5) is 0 Å². The van der Waals surface area contributed by atoms with Crippen LogP contribution in [0, 0.1) is 5.92 Å². The van der Waals surface area contributed by atoms with Gasteiger partial charge in [0.25, 0.3) is 0 Å². The summed E-state index contributed by atoms with van der Waals surface area (Å²) in [6, 6.07) is 0. The summed E-state index contributed by atoms with van der Waals surface area (Å²) in [5.74, 6) is 0.185. The molecule has 2 atom stereocenters. The third-order valence-corrected chi connectivity index (χ3v) is 6.19. The van der Waals surface area contributed by atoms with Crippen LogP contribution < -0.4 is 0 Å². The number of unbranched alkanes of at least 4 members (excludes halogenated alkanes) is 14. The quantitative estimate of drug-likeness (QED) is 0.160. The SMILES string of the molecule is CCCCCCCCCCCCCCCCCC(OP(=O)(O)O)C(C)CC. The molecule has 4 nitrogen and oxygen atoms in total. The number of hydrogen-bond donors (Lipinski definition) is 2. The van der Waals surface area contributed by atoms with Crippen LogP contribution in [0.2, 0.25) is 0 Å². The van der Waals surface area contributed by atoms with Gasteiger partial charge in [-0.05, 0) is 12.3 Å². The predicted octanol–water partition coefficient (Wildman–Crippen LogP) is 7.77. The first kappa shape index (κ1) is 27.1. The van der Waals surface area contributed by atoms with Crippen molar-refractivity contribution in [1.29, 1.82) is 0 Å². The molecule has 2 unspecified atom stereocenters. The Morgan fingerprint density at radius 3 is 1.41 bits per heavy atom. The topological polar surface area (TPSA) is 66.8 Å². The molecule has 0 spiro atoms. The highest BCUT2D eigenvalue weighted by Gasteiger charge is 2.25. The number of rotatable bonds is 20. The van der Waals surface area contributed by atoms with Crippen molar-refractivity contribution < 1.29 is 18.9 Å². The van der Waals surface area contributed by atoms with Gasteiger partial charge in [-0.3, -0.25) is 4.52 Å². The minimum atomic E-state index is -4.38. The van der Waals surface area contributed by atoms with E-state index in [0.717, 1.165) is 25.7 Å². The van der Waals surface area contributed by atoms with Crippen molar-refractivity contribution in [3.8, 4) is 0 Å². The molecule has 0 aliphatic heterocycles. The van der Waals surface area contributed by atoms with Crippen LogP contribution >= 0.6 is 7.82 Å². The summed E-state index contributed by atoms with van der Waals surface area (Å²) in [6.07, 6.45) is 21.2. The number of phosphoric acid groups is 1. The van der Waals surface area contributed by atoms with Crippen molar-refractivity contribution in [3.05, 3.63) is 0 Å². The van der Waals surface area contributed by atoms with Crippen molar-refractivity contribution in [2.45, 2.75) is 136 Å². The minimum Gasteiger partial charge on any atom is -0.303 e. The van der Waals surface area contributed by atoms with E-state index in [2.05, 4.69) is 6.92 Å². The van der Waals surface area contributed by atoms with E-state index in [1.807, 2.05) is 13.8 Å². The third-order valence-electron chi connectivity index (χ3n) is 5.64. The molecule has 0 saturated heterocycles. The van der Waals surface area contributed by atoms with Gasteiger partial charge in [-0.1, -0.05) is 124 Å². The summed E-state index contributed by atoms with van der Waals surface area (Å²) in [4.78, 5) is 18.1. The molecule has 0 aromatic rings. The van der Waals surface area contributed by atoms with E-state index >= 15 is 0 Å². The van der Waals surface area contributed by atoms with Gasteiger partial charge in [-0.2, -0.15) is 0 Å². The monoisotopic (exact) mass is 406 g/mol. The molecule has 0 amide bonds. The van der Waals surface area contributed by atoms with E-state index in [4.69, 9.17) is 14.3 Å². The molecule has 0 aromatic carbocycles. The highest BCUT2D eigenvalue weighted by atomic mass is 31.2. The van der Waals surface area contributed by atoms with Crippen molar-refractivity contribution in [2.75, 3.05) is 0 Å². The van der Waals surface area contributed by atoms with Crippen LogP contribution in [0.5, 0.6) is 0 Å². The summed E-state index contributed by atoms with van der Waals surface area (Å²) in [5.41, 5.74) is 0. The Balaban J connectivity index is 3.46. The average Bonchev–Trinajstić information content (AvgIpc) is 2.62. The Morgan fingerprint density at radius 2 is 1.07 bits per heavy atom. The van der Waals surface area contributed by atoms with Crippen LogP contribution in [0.15, 0.2) is 0 Å². The van der Waals surface area contributed by atoms with Gasteiger partial charge in [0.1, 0.15) is 0 Å². The van der Waals surface area contributed by atoms with Crippen LogP contribution in [0.3, 0.4) is 0 Å². The highest BCUT2D eigenvalue weighted by Crippen LogP contribution is 2.40. The fourth-order valence-corrected chi connectivity index (χ4v) is 4.26. The lowest BCUT2D eigenvalue weighted by atomic mass is 9.96. The van der Waals surface area contributed by atoms with Crippen molar-refractivity contribution >= 4 is 7.82 Å². The normalized spacial score (nSPS) is 14.4. The maximum atomic E-state index is 11.1. The smallest absolute Gasteiger partial charge is 0.303 e. The lowest BCUT2D eigenvalue weighted by molar-refractivity contribution is 0.0838. The molecular formula is C22H47O4P. The minimum absolute atomic E-state index is 0.185. The molecule has 0 aliphatic rings. The molecule has 0 bridgehead atoms. The Morgan fingerprint density at radius 1 is 0.704 bits per heavy atom. The van der Waals surface area contributed by atoms with E-state index in [1.165, 1.54) is 83.5 Å². The second-order valence-corrected chi connectivity index (χ2v) is 9.45. The predicted molar refractivity (Wildman–Crippen MR) is 116 cm³/mol. The zero-order valence-corrected chi connectivity index (χ0v) is 19.2. The first-order chi connectivity index (χ1) is 12.9. The third kappa shape index (κ3) is 19.2. The fraction of sp³-hybridized carbons (Fsp3) is 1.00. The average molecular weight is 407 g/mol. The van der Waals surface area contributed by atoms with Gasteiger partial charge in [0, 0.05) is 0 Å². The molecule has 0 heterocycles. The molecule has 164 valence electrons. The van der Waals surface area contributed by atoms with Crippen molar-refractivity contribution in [1.82, 2.24) is 0 Å². The van der Waals surface area contributed by atoms with Crippen LogP contribution in [-0.2, 0) is 9.09 Å². The fourth-order valence-electron chi connectivity index (χ4n) is 3.60. The van der Waals surface area contributed by atoms with E-state index in [9.17, 15) is 4.57 Å².